The topological polar surface area (TPSA) is 65.7 Å². The molecule has 0 aliphatic heterocycles. The smallest absolute Gasteiger partial charge is 0.387 e. The standard InChI is InChI=1S/C21H16F2O5/c1-13-16-4-2-3-5-18(16)28-20(13)17(24)12-26-19(25)11-8-14-6-9-15(10-7-14)27-21(22)23/h2-11,21H,12H2,1H3/b11-8+. The predicted octanol–water partition coefficient (Wildman–Crippen LogP) is 4.78. The number of carbonyl (C=O) groups excluding carboxylic acids is 2. The van der Waals surface area contributed by atoms with Crippen LogP contribution >= 0.6 is 0 Å². The average molecular weight is 386 g/mol. The predicted molar refractivity (Wildman–Crippen MR) is 98.3 cm³/mol. The van der Waals surface area contributed by atoms with Crippen molar-refractivity contribution >= 4 is 28.8 Å². The van der Waals surface area contributed by atoms with E-state index in [-0.39, 0.29) is 11.5 Å². The highest BCUT2D eigenvalue weighted by atomic mass is 19.3. The minimum Gasteiger partial charge on any atom is -0.454 e. The zero-order valence-corrected chi connectivity index (χ0v) is 14.9. The van der Waals surface area contributed by atoms with Gasteiger partial charge in [-0.25, -0.2) is 4.79 Å². The van der Waals surface area contributed by atoms with Crippen molar-refractivity contribution in [3.8, 4) is 5.75 Å². The van der Waals surface area contributed by atoms with Crippen molar-refractivity contribution in [3.63, 3.8) is 0 Å². The highest BCUT2D eigenvalue weighted by Crippen LogP contribution is 2.25. The lowest BCUT2D eigenvalue weighted by Crippen LogP contribution is -2.12. The number of fused-ring (bicyclic) bond motifs is 1. The number of Topliss-reactive ketones (excluding diaryl/α,β-unsaturated/α-hetero) is 1. The second-order valence-electron chi connectivity index (χ2n) is 5.86. The van der Waals surface area contributed by atoms with Crippen LogP contribution in [0.2, 0.25) is 0 Å². The van der Waals surface area contributed by atoms with E-state index in [0.29, 0.717) is 16.7 Å². The Morgan fingerprint density at radius 2 is 1.82 bits per heavy atom. The first kappa shape index (κ1) is 19.3. The average Bonchev–Trinajstić information content (AvgIpc) is 3.02. The first-order valence-corrected chi connectivity index (χ1v) is 8.35. The lowest BCUT2D eigenvalue weighted by Gasteiger charge is -2.03. The Labute approximate surface area is 159 Å². The van der Waals surface area contributed by atoms with E-state index in [2.05, 4.69) is 4.74 Å². The molecule has 0 amide bonds. The largest absolute Gasteiger partial charge is 0.454 e. The SMILES string of the molecule is Cc1c(C(=O)COC(=O)/C=C/c2ccc(OC(F)F)cc2)oc2ccccc12. The number of carbonyl (C=O) groups is 2. The maximum Gasteiger partial charge on any atom is 0.387 e. The number of esters is 1. The molecule has 0 aliphatic carbocycles. The third-order valence-electron chi connectivity index (χ3n) is 3.96. The van der Waals surface area contributed by atoms with Crippen LogP contribution in [0.4, 0.5) is 8.78 Å². The van der Waals surface area contributed by atoms with Gasteiger partial charge in [0.25, 0.3) is 0 Å². The summed E-state index contributed by atoms with van der Waals surface area (Å²) in [6, 6.07) is 13.0. The molecule has 0 radical (unpaired) electrons. The van der Waals surface area contributed by atoms with Gasteiger partial charge in [0.1, 0.15) is 11.3 Å². The second kappa shape index (κ2) is 8.47. The molecule has 3 rings (SSSR count). The summed E-state index contributed by atoms with van der Waals surface area (Å²) in [6.07, 6.45) is 2.58. The molecular formula is C21H16F2O5. The minimum absolute atomic E-state index is 0.0153. The van der Waals surface area contributed by atoms with Gasteiger partial charge in [0.2, 0.25) is 5.78 Å². The van der Waals surface area contributed by atoms with Gasteiger partial charge in [-0.3, -0.25) is 4.79 Å². The van der Waals surface area contributed by atoms with E-state index in [1.807, 2.05) is 12.1 Å². The Hall–Kier alpha value is -3.48. The second-order valence-corrected chi connectivity index (χ2v) is 5.86. The van der Waals surface area contributed by atoms with Crippen LogP contribution in [0.15, 0.2) is 59.0 Å². The van der Waals surface area contributed by atoms with Crippen LogP contribution in [0.1, 0.15) is 21.7 Å². The number of alkyl halides is 2. The van der Waals surface area contributed by atoms with Crippen LogP contribution in [0.25, 0.3) is 17.0 Å². The summed E-state index contributed by atoms with van der Waals surface area (Å²) in [7, 11) is 0. The Morgan fingerprint density at radius 3 is 2.50 bits per heavy atom. The van der Waals surface area contributed by atoms with Crippen LogP contribution in [0.3, 0.4) is 0 Å². The molecule has 0 spiro atoms. The van der Waals surface area contributed by atoms with Crippen LogP contribution in [-0.4, -0.2) is 25.0 Å². The quantitative estimate of drug-likeness (QED) is 0.332. The molecule has 28 heavy (non-hydrogen) atoms. The summed E-state index contributed by atoms with van der Waals surface area (Å²) in [6.45, 7) is -1.59. The third kappa shape index (κ3) is 4.62. The van der Waals surface area contributed by atoms with E-state index in [9.17, 15) is 18.4 Å². The molecule has 0 bridgehead atoms. The summed E-state index contributed by atoms with van der Waals surface area (Å²) in [5.41, 5.74) is 1.87. The molecule has 0 atom stereocenters. The van der Waals surface area contributed by atoms with E-state index in [4.69, 9.17) is 9.15 Å². The number of para-hydroxylation sites is 1. The molecule has 144 valence electrons. The van der Waals surface area contributed by atoms with Crippen molar-refractivity contribution < 1.29 is 32.3 Å². The molecule has 0 unspecified atom stereocenters. The van der Waals surface area contributed by atoms with Gasteiger partial charge < -0.3 is 13.9 Å². The molecule has 7 heteroatoms. The first-order valence-electron chi connectivity index (χ1n) is 8.35. The van der Waals surface area contributed by atoms with Gasteiger partial charge in [0, 0.05) is 17.0 Å². The highest BCUT2D eigenvalue weighted by Gasteiger charge is 2.18. The number of benzene rings is 2. The minimum atomic E-state index is -2.90. The van der Waals surface area contributed by atoms with Gasteiger partial charge in [0.15, 0.2) is 12.4 Å². The normalized spacial score (nSPS) is 11.3. The number of hydrogen-bond acceptors (Lipinski definition) is 5. The van der Waals surface area contributed by atoms with Gasteiger partial charge in [-0.1, -0.05) is 30.3 Å². The van der Waals surface area contributed by atoms with Crippen LogP contribution < -0.4 is 4.74 Å². The van der Waals surface area contributed by atoms with Gasteiger partial charge >= 0.3 is 12.6 Å². The van der Waals surface area contributed by atoms with Crippen molar-refractivity contribution in [1.82, 2.24) is 0 Å². The number of furan rings is 1. The van der Waals surface area contributed by atoms with Gasteiger partial charge in [-0.2, -0.15) is 8.78 Å². The summed E-state index contributed by atoms with van der Waals surface area (Å²) in [4.78, 5) is 24.1. The number of rotatable bonds is 7. The molecule has 0 saturated heterocycles. The third-order valence-corrected chi connectivity index (χ3v) is 3.96. The van der Waals surface area contributed by atoms with Crippen LogP contribution in [-0.2, 0) is 9.53 Å². The number of aryl methyl sites for hydroxylation is 1. The fourth-order valence-corrected chi connectivity index (χ4v) is 2.62. The summed E-state index contributed by atoms with van der Waals surface area (Å²) < 4.78 is 38.9. The van der Waals surface area contributed by atoms with Gasteiger partial charge in [-0.05, 0) is 36.8 Å². The number of hydrogen-bond donors (Lipinski definition) is 0. The van der Waals surface area contributed by atoms with E-state index >= 15 is 0 Å². The fourth-order valence-electron chi connectivity index (χ4n) is 2.62. The Bertz CT molecular complexity index is 1020. The Kier molecular flexibility index (Phi) is 5.84. The monoisotopic (exact) mass is 386 g/mol. The Balaban J connectivity index is 1.56. The van der Waals surface area contributed by atoms with E-state index < -0.39 is 25.0 Å². The molecular weight excluding hydrogens is 370 g/mol. The maximum atomic E-state index is 12.3. The first-order chi connectivity index (χ1) is 13.4. The summed E-state index contributed by atoms with van der Waals surface area (Å²) in [5, 5.41) is 0.830. The number of halogens is 2. The van der Waals surface area contributed by atoms with Crippen molar-refractivity contribution in [1.29, 1.82) is 0 Å². The summed E-state index contributed by atoms with van der Waals surface area (Å²) >= 11 is 0. The van der Waals surface area contributed by atoms with Crippen LogP contribution in [0, 0.1) is 6.92 Å². The van der Waals surface area contributed by atoms with Gasteiger partial charge in [-0.15, -0.1) is 0 Å². The number of ketones is 1. The molecule has 0 fully saturated rings. The fraction of sp³-hybridized carbons (Fsp3) is 0.143. The molecule has 0 saturated carbocycles. The highest BCUT2D eigenvalue weighted by molar-refractivity contribution is 6.02. The van der Waals surface area contributed by atoms with E-state index in [1.165, 1.54) is 30.3 Å². The van der Waals surface area contributed by atoms with E-state index in [1.54, 1.807) is 19.1 Å². The van der Waals surface area contributed by atoms with Crippen molar-refractivity contribution in [2.45, 2.75) is 13.5 Å². The van der Waals surface area contributed by atoms with Crippen molar-refractivity contribution in [2.24, 2.45) is 0 Å². The molecule has 0 N–H and O–H groups in total. The Morgan fingerprint density at radius 1 is 1.11 bits per heavy atom. The zero-order valence-electron chi connectivity index (χ0n) is 14.9. The lowest BCUT2D eigenvalue weighted by atomic mass is 10.1. The molecule has 1 heterocycles. The molecule has 0 aliphatic rings. The molecule has 5 nitrogen and oxygen atoms in total. The van der Waals surface area contributed by atoms with E-state index in [0.717, 1.165) is 11.5 Å². The zero-order chi connectivity index (χ0) is 20.1. The molecule has 3 aromatic rings. The van der Waals surface area contributed by atoms with Crippen LogP contribution in [0.5, 0.6) is 5.75 Å². The summed E-state index contributed by atoms with van der Waals surface area (Å²) in [5.74, 6) is -0.979. The van der Waals surface area contributed by atoms with Crippen molar-refractivity contribution in [2.75, 3.05) is 6.61 Å². The molecule has 1 aromatic heterocycles. The van der Waals surface area contributed by atoms with Gasteiger partial charge in [0.05, 0.1) is 0 Å². The lowest BCUT2D eigenvalue weighted by molar-refractivity contribution is -0.136. The number of ether oxygens (including phenoxy) is 2. The molecule has 2 aromatic carbocycles. The maximum absolute atomic E-state index is 12.3. The van der Waals surface area contributed by atoms with Crippen molar-refractivity contribution in [3.05, 3.63) is 71.5 Å².